The zero-order valence-corrected chi connectivity index (χ0v) is 10.1. The van der Waals surface area contributed by atoms with Crippen LogP contribution < -0.4 is 5.73 Å². The average Bonchev–Trinajstić information content (AvgIpc) is 2.19. The molecule has 0 aromatic heterocycles. The predicted molar refractivity (Wildman–Crippen MR) is 64.4 cm³/mol. The first-order chi connectivity index (χ1) is 7.13. The second-order valence-corrected chi connectivity index (χ2v) is 4.25. The van der Waals surface area contributed by atoms with E-state index >= 15 is 0 Å². The van der Waals surface area contributed by atoms with Crippen LogP contribution in [-0.4, -0.2) is 19.8 Å². The number of methoxy groups -OCH3 is 1. The second kappa shape index (κ2) is 6.11. The van der Waals surface area contributed by atoms with Gasteiger partial charge in [0.05, 0.1) is 0 Å². The molecule has 0 spiro atoms. The van der Waals surface area contributed by atoms with E-state index in [1.54, 1.807) is 7.11 Å². The molecule has 0 saturated heterocycles. The third kappa shape index (κ3) is 4.20. The number of halogens is 1. The first-order valence-electron chi connectivity index (χ1n) is 5.13. The summed E-state index contributed by atoms with van der Waals surface area (Å²) in [6, 6.07) is 6.19. The van der Waals surface area contributed by atoms with E-state index in [9.17, 15) is 0 Å². The molecule has 1 aromatic rings. The van der Waals surface area contributed by atoms with Gasteiger partial charge >= 0.3 is 0 Å². The maximum atomic E-state index is 6.12. The molecule has 0 aliphatic rings. The van der Waals surface area contributed by atoms with Gasteiger partial charge in [0.1, 0.15) is 0 Å². The zero-order valence-electron chi connectivity index (χ0n) is 9.29. The van der Waals surface area contributed by atoms with Crippen molar-refractivity contribution < 1.29 is 4.74 Å². The van der Waals surface area contributed by atoms with Crippen molar-refractivity contribution in [3.8, 4) is 0 Å². The second-order valence-electron chi connectivity index (χ2n) is 3.84. The molecule has 1 aromatic carbocycles. The number of benzene rings is 1. The Morgan fingerprint density at radius 1 is 1.47 bits per heavy atom. The Morgan fingerprint density at radius 3 is 2.80 bits per heavy atom. The third-order valence-electron chi connectivity index (χ3n) is 2.38. The Balaban J connectivity index is 2.56. The molecule has 0 heterocycles. The lowest BCUT2D eigenvalue weighted by Gasteiger charge is -2.12. The highest BCUT2D eigenvalue weighted by Gasteiger charge is 2.07. The smallest absolute Gasteiger partial charge is 0.0477 e. The molecule has 1 rings (SSSR count). The van der Waals surface area contributed by atoms with Crippen molar-refractivity contribution in [1.82, 2.24) is 0 Å². The van der Waals surface area contributed by atoms with Crippen LogP contribution in [0.5, 0.6) is 0 Å². The molecule has 1 atom stereocenters. The summed E-state index contributed by atoms with van der Waals surface area (Å²) >= 11 is 6.12. The summed E-state index contributed by atoms with van der Waals surface area (Å²) < 4.78 is 4.99. The molecule has 2 N–H and O–H groups in total. The van der Waals surface area contributed by atoms with Crippen molar-refractivity contribution in [3.63, 3.8) is 0 Å². The number of hydrogen-bond acceptors (Lipinski definition) is 2. The van der Waals surface area contributed by atoms with Gasteiger partial charge in [-0.3, -0.25) is 0 Å². The summed E-state index contributed by atoms with van der Waals surface area (Å²) in [5, 5.41) is 0.808. The van der Waals surface area contributed by atoms with Crippen LogP contribution in [0.4, 0.5) is 0 Å². The highest BCUT2D eigenvalue weighted by Crippen LogP contribution is 2.19. The zero-order chi connectivity index (χ0) is 11.3. The van der Waals surface area contributed by atoms with Crippen molar-refractivity contribution >= 4 is 11.6 Å². The standard InChI is InChI=1S/C12H18ClNO/c1-9-3-4-10(12(13)7-9)8-11(14)5-6-15-2/h3-4,7,11H,5-6,8,14H2,1-2H3. The topological polar surface area (TPSA) is 35.2 Å². The van der Waals surface area contributed by atoms with Gasteiger partial charge in [-0.2, -0.15) is 0 Å². The van der Waals surface area contributed by atoms with E-state index in [1.807, 2.05) is 19.1 Å². The molecule has 0 aliphatic carbocycles. The maximum absolute atomic E-state index is 6.12. The van der Waals surface area contributed by atoms with Gasteiger partial charge in [0.2, 0.25) is 0 Å². The van der Waals surface area contributed by atoms with Crippen LogP contribution in [0.2, 0.25) is 5.02 Å². The Kier molecular flexibility index (Phi) is 5.09. The van der Waals surface area contributed by atoms with Crippen LogP contribution in [0.1, 0.15) is 17.5 Å². The van der Waals surface area contributed by atoms with Gasteiger partial charge in [0.15, 0.2) is 0 Å². The minimum absolute atomic E-state index is 0.116. The third-order valence-corrected chi connectivity index (χ3v) is 2.74. The van der Waals surface area contributed by atoms with Crippen molar-refractivity contribution in [2.24, 2.45) is 5.73 Å². The van der Waals surface area contributed by atoms with Gasteiger partial charge in [-0.15, -0.1) is 0 Å². The van der Waals surface area contributed by atoms with Gasteiger partial charge in [-0.1, -0.05) is 23.7 Å². The number of nitrogens with two attached hydrogens (primary N) is 1. The van der Waals surface area contributed by atoms with Crippen LogP contribution in [-0.2, 0) is 11.2 Å². The largest absolute Gasteiger partial charge is 0.385 e. The molecule has 2 nitrogen and oxygen atoms in total. The Labute approximate surface area is 96.4 Å². The van der Waals surface area contributed by atoms with Crippen molar-refractivity contribution in [2.45, 2.75) is 25.8 Å². The van der Waals surface area contributed by atoms with Gasteiger partial charge in [-0.05, 0) is 37.0 Å². The number of hydrogen-bond donors (Lipinski definition) is 1. The summed E-state index contributed by atoms with van der Waals surface area (Å²) in [5.74, 6) is 0. The van der Waals surface area contributed by atoms with E-state index in [-0.39, 0.29) is 6.04 Å². The Bertz CT molecular complexity index is 314. The summed E-state index contributed by atoms with van der Waals surface area (Å²) in [7, 11) is 1.69. The average molecular weight is 228 g/mol. The summed E-state index contributed by atoms with van der Waals surface area (Å²) in [6.45, 7) is 2.73. The number of rotatable bonds is 5. The summed E-state index contributed by atoms with van der Waals surface area (Å²) in [6.07, 6.45) is 1.67. The summed E-state index contributed by atoms with van der Waals surface area (Å²) in [4.78, 5) is 0. The van der Waals surface area contributed by atoms with Crippen LogP contribution >= 0.6 is 11.6 Å². The lowest BCUT2D eigenvalue weighted by molar-refractivity contribution is 0.188. The first kappa shape index (κ1) is 12.5. The lowest BCUT2D eigenvalue weighted by atomic mass is 10.0. The summed E-state index contributed by atoms with van der Waals surface area (Å²) in [5.41, 5.74) is 8.25. The van der Waals surface area contributed by atoms with E-state index in [1.165, 1.54) is 5.56 Å². The highest BCUT2D eigenvalue weighted by atomic mass is 35.5. The van der Waals surface area contributed by atoms with E-state index in [2.05, 4.69) is 6.07 Å². The molecule has 0 fully saturated rings. The molecule has 1 unspecified atom stereocenters. The van der Waals surface area contributed by atoms with Crippen molar-refractivity contribution in [2.75, 3.05) is 13.7 Å². The molecule has 0 aliphatic heterocycles. The Morgan fingerprint density at radius 2 is 2.20 bits per heavy atom. The number of aryl methyl sites for hydroxylation is 1. The fourth-order valence-corrected chi connectivity index (χ4v) is 1.78. The van der Waals surface area contributed by atoms with E-state index in [0.717, 1.165) is 23.4 Å². The quantitative estimate of drug-likeness (QED) is 0.839. The number of ether oxygens (including phenoxy) is 1. The minimum atomic E-state index is 0.116. The maximum Gasteiger partial charge on any atom is 0.0477 e. The van der Waals surface area contributed by atoms with Crippen LogP contribution in [0, 0.1) is 6.92 Å². The molecular formula is C12H18ClNO. The fourth-order valence-electron chi connectivity index (χ4n) is 1.47. The van der Waals surface area contributed by atoms with Crippen molar-refractivity contribution in [1.29, 1.82) is 0 Å². The van der Waals surface area contributed by atoms with Crippen LogP contribution in [0.25, 0.3) is 0 Å². The molecule has 84 valence electrons. The van der Waals surface area contributed by atoms with Gasteiger partial charge in [-0.25, -0.2) is 0 Å². The molecular weight excluding hydrogens is 210 g/mol. The monoisotopic (exact) mass is 227 g/mol. The lowest BCUT2D eigenvalue weighted by Crippen LogP contribution is -2.24. The van der Waals surface area contributed by atoms with Crippen LogP contribution in [0.15, 0.2) is 18.2 Å². The van der Waals surface area contributed by atoms with Gasteiger partial charge in [0.25, 0.3) is 0 Å². The van der Waals surface area contributed by atoms with Gasteiger partial charge < -0.3 is 10.5 Å². The van der Waals surface area contributed by atoms with Crippen molar-refractivity contribution in [3.05, 3.63) is 34.3 Å². The molecule has 3 heteroatoms. The van der Waals surface area contributed by atoms with E-state index in [0.29, 0.717) is 6.61 Å². The van der Waals surface area contributed by atoms with E-state index < -0.39 is 0 Å². The first-order valence-corrected chi connectivity index (χ1v) is 5.51. The Hall–Kier alpha value is -0.570. The molecule has 0 saturated carbocycles. The van der Waals surface area contributed by atoms with Gasteiger partial charge in [0, 0.05) is 24.8 Å². The fraction of sp³-hybridized carbons (Fsp3) is 0.500. The molecule has 15 heavy (non-hydrogen) atoms. The normalized spacial score (nSPS) is 12.8. The predicted octanol–water partition coefficient (Wildman–Crippen LogP) is 2.55. The van der Waals surface area contributed by atoms with Crippen LogP contribution in [0.3, 0.4) is 0 Å². The SMILES string of the molecule is COCCC(N)Cc1ccc(C)cc1Cl. The minimum Gasteiger partial charge on any atom is -0.385 e. The molecule has 0 radical (unpaired) electrons. The highest BCUT2D eigenvalue weighted by molar-refractivity contribution is 6.31. The van der Waals surface area contributed by atoms with E-state index in [4.69, 9.17) is 22.1 Å². The molecule has 0 amide bonds. The molecule has 0 bridgehead atoms.